The molecule has 0 atom stereocenters. The molecule has 8 rings (SSSR count). The van der Waals surface area contributed by atoms with E-state index < -0.39 is 80.1 Å². The predicted molar refractivity (Wildman–Crippen MR) is 177 cm³/mol. The number of hydrogen-bond acceptors (Lipinski definition) is 13. The lowest BCUT2D eigenvalue weighted by Gasteiger charge is -2.26. The van der Waals surface area contributed by atoms with E-state index in [2.05, 4.69) is 0 Å². The molecule has 0 spiro atoms. The summed E-state index contributed by atoms with van der Waals surface area (Å²) in [4.78, 5) is 28.6. The number of aromatic hydroxyl groups is 8. The van der Waals surface area contributed by atoms with E-state index in [-0.39, 0.29) is 86.5 Å². The maximum absolute atomic E-state index is 14.3. The monoisotopic (exact) mass is 672 g/mol. The minimum atomic E-state index is -3.11. The van der Waals surface area contributed by atoms with Gasteiger partial charge in [-0.25, -0.2) is 0 Å². The Hall–Kier alpha value is -5.57. The molecule has 48 heavy (non-hydrogen) atoms. The molecule has 0 bridgehead atoms. The largest absolute Gasteiger partial charge is 0.784 e. The Bertz CT molecular complexity index is 2650. The fourth-order valence-corrected chi connectivity index (χ4v) is 7.79. The highest BCUT2D eigenvalue weighted by Gasteiger charge is 2.36. The molecule has 0 aliphatic rings. The van der Waals surface area contributed by atoms with Crippen LogP contribution in [0.1, 0.15) is 50.7 Å². The molecule has 0 aromatic heterocycles. The van der Waals surface area contributed by atoms with E-state index in [0.29, 0.717) is 0 Å². The first-order valence-corrected chi connectivity index (χ1v) is 15.5. The fraction of sp³-hybridized carbons (Fsp3) is 0.176. The van der Waals surface area contributed by atoms with Crippen LogP contribution in [0, 0.1) is 0 Å². The van der Waals surface area contributed by atoms with Crippen LogP contribution in [0.25, 0.3) is 75.4 Å². The summed E-state index contributed by atoms with van der Waals surface area (Å²) >= 11 is -3.11. The van der Waals surface area contributed by atoms with Crippen LogP contribution in [0.5, 0.6) is 46.0 Å². The molecule has 0 unspecified atom stereocenters. The van der Waals surface area contributed by atoms with Crippen molar-refractivity contribution in [3.05, 3.63) is 43.7 Å². The van der Waals surface area contributed by atoms with Crippen molar-refractivity contribution in [2.45, 2.75) is 39.5 Å². The number of rotatable bonds is 2. The molecule has 0 aliphatic heterocycles. The van der Waals surface area contributed by atoms with Crippen molar-refractivity contribution in [2.75, 3.05) is 0 Å². The van der Waals surface area contributed by atoms with Crippen molar-refractivity contribution >= 4 is 86.8 Å². The van der Waals surface area contributed by atoms with Gasteiger partial charge in [-0.2, -0.15) is 0 Å². The SMILES string of the molecule is CC(C)c1c(O)c2c(=O)c3c(O)cc(O)c4c5c(O)cc(O)c6c(=O)c7c(O)c(C(C)C)c(O)c8c(c1O)c2c(c34)c(c65)c78.O=S([O-])[O-]. The molecule has 13 nitrogen and oxygen atoms in total. The van der Waals surface area contributed by atoms with Gasteiger partial charge in [-0.05, 0) is 11.8 Å². The molecule has 14 heteroatoms. The third kappa shape index (κ3) is 3.48. The van der Waals surface area contributed by atoms with Gasteiger partial charge < -0.3 is 50.0 Å². The Kier molecular flexibility index (Phi) is 6.29. The molecule has 0 heterocycles. The maximum atomic E-state index is 14.3. The van der Waals surface area contributed by atoms with Gasteiger partial charge in [0.25, 0.3) is 0 Å². The van der Waals surface area contributed by atoms with Crippen LogP contribution in [0.4, 0.5) is 0 Å². The Balaban J connectivity index is 0.000000865. The summed E-state index contributed by atoms with van der Waals surface area (Å²) < 4.78 is 25.3. The molecule has 0 radical (unpaired) electrons. The maximum Gasteiger partial charge on any atom is 0.201 e. The first-order valence-electron chi connectivity index (χ1n) is 14.5. The van der Waals surface area contributed by atoms with Crippen LogP contribution in [-0.4, -0.2) is 54.2 Å². The van der Waals surface area contributed by atoms with Crippen LogP contribution in [0.15, 0.2) is 21.7 Å². The third-order valence-electron chi connectivity index (χ3n) is 9.35. The Morgan fingerprint density at radius 1 is 0.438 bits per heavy atom. The average molecular weight is 673 g/mol. The van der Waals surface area contributed by atoms with Crippen molar-refractivity contribution in [3.63, 3.8) is 0 Å². The van der Waals surface area contributed by atoms with Crippen molar-refractivity contribution in [3.8, 4) is 46.0 Å². The van der Waals surface area contributed by atoms with Gasteiger partial charge in [0.2, 0.25) is 10.9 Å². The second-order valence-electron chi connectivity index (χ2n) is 12.5. The topological polar surface area (TPSA) is 259 Å². The molecule has 8 N–H and O–H groups in total. The molecular formula is C34H24O13S-2. The van der Waals surface area contributed by atoms with E-state index in [1.165, 1.54) is 0 Å². The summed E-state index contributed by atoms with van der Waals surface area (Å²) in [6, 6.07) is 1.84. The van der Waals surface area contributed by atoms with E-state index in [1.807, 2.05) is 0 Å². The molecule has 0 saturated carbocycles. The molecule has 0 fully saturated rings. The van der Waals surface area contributed by atoms with E-state index in [0.717, 1.165) is 12.1 Å². The number of hydrogen-bond donors (Lipinski definition) is 8. The van der Waals surface area contributed by atoms with E-state index in [4.69, 9.17) is 13.3 Å². The zero-order valence-electron chi connectivity index (χ0n) is 25.3. The van der Waals surface area contributed by atoms with Crippen LogP contribution in [0.2, 0.25) is 0 Å². The number of phenolic OH excluding ortho intramolecular Hbond substituents is 8. The summed E-state index contributed by atoms with van der Waals surface area (Å²) in [5.74, 6) is -5.45. The van der Waals surface area contributed by atoms with Gasteiger partial charge >= 0.3 is 0 Å². The normalized spacial score (nSPS) is 12.6. The second-order valence-corrected chi connectivity index (χ2v) is 12.9. The Labute approximate surface area is 269 Å². The lowest BCUT2D eigenvalue weighted by Crippen LogP contribution is -2.11. The standard InChI is InChI=1S/C34H24O10.H2O3S/c1-7(2)13-29(39)25-23-21-19-15(9(35)5-11(37)17(19)33(43)27(23)31(13)41)16-10(36)6-12(38)18-20(16)22(21)24-26(25)30(40)14(8(3)4)32(42)28(24)34(18)44;1-4(2)3/h5-8,35-42H,1-4H3;(H2,1,2,3)/p-2. The van der Waals surface area contributed by atoms with E-state index >= 15 is 0 Å². The summed E-state index contributed by atoms with van der Waals surface area (Å²) in [5.41, 5.74) is -1.70. The van der Waals surface area contributed by atoms with Gasteiger partial charge in [-0.1, -0.05) is 27.7 Å². The summed E-state index contributed by atoms with van der Waals surface area (Å²) in [6.45, 7) is 6.72. The van der Waals surface area contributed by atoms with Crippen LogP contribution in [-0.2, 0) is 11.4 Å². The number of benzene rings is 8. The van der Waals surface area contributed by atoms with Gasteiger partial charge in [0, 0.05) is 77.1 Å². The highest BCUT2D eigenvalue weighted by Crippen LogP contribution is 2.60. The molecule has 0 amide bonds. The molecule has 8 aromatic rings. The average Bonchev–Trinajstić information content (AvgIpc) is 2.95. The second kappa shape index (κ2) is 9.73. The van der Waals surface area contributed by atoms with Crippen LogP contribution < -0.4 is 10.9 Å². The summed E-state index contributed by atoms with van der Waals surface area (Å²) in [5, 5.41) is 90.0. The number of phenols is 8. The van der Waals surface area contributed by atoms with Crippen molar-refractivity contribution in [1.82, 2.24) is 0 Å². The smallest absolute Gasteiger partial charge is 0.201 e. The molecule has 0 aliphatic carbocycles. The summed E-state index contributed by atoms with van der Waals surface area (Å²) in [7, 11) is 0. The van der Waals surface area contributed by atoms with Crippen LogP contribution in [0.3, 0.4) is 0 Å². The van der Waals surface area contributed by atoms with Gasteiger partial charge in [-0.15, -0.1) is 11.4 Å². The zero-order valence-corrected chi connectivity index (χ0v) is 26.2. The van der Waals surface area contributed by atoms with Gasteiger partial charge in [0.05, 0.1) is 21.5 Å². The van der Waals surface area contributed by atoms with Crippen LogP contribution >= 0.6 is 0 Å². The van der Waals surface area contributed by atoms with Gasteiger partial charge in [0.15, 0.2) is 0 Å². The van der Waals surface area contributed by atoms with E-state index in [9.17, 15) is 50.4 Å². The zero-order chi connectivity index (χ0) is 35.2. The lowest BCUT2D eigenvalue weighted by molar-refractivity contribution is 0.419. The van der Waals surface area contributed by atoms with Crippen molar-refractivity contribution in [2.24, 2.45) is 0 Å². The molecule has 246 valence electrons. The van der Waals surface area contributed by atoms with Crippen molar-refractivity contribution < 1.29 is 54.2 Å². The minimum absolute atomic E-state index is 0.0141. The molecule has 8 aromatic carbocycles. The molecule has 0 saturated heterocycles. The quantitative estimate of drug-likeness (QED) is 0.0674. The minimum Gasteiger partial charge on any atom is -0.784 e. The summed E-state index contributed by atoms with van der Waals surface area (Å²) in [6.07, 6.45) is 0. The first-order chi connectivity index (χ1) is 22.4. The van der Waals surface area contributed by atoms with Gasteiger partial charge in [-0.3, -0.25) is 13.8 Å². The van der Waals surface area contributed by atoms with Gasteiger partial charge in [0.1, 0.15) is 46.0 Å². The Morgan fingerprint density at radius 2 is 0.667 bits per heavy atom. The third-order valence-corrected chi connectivity index (χ3v) is 9.35. The van der Waals surface area contributed by atoms with Crippen molar-refractivity contribution in [1.29, 1.82) is 0 Å². The number of fused-ring (bicyclic) bond motifs is 2. The molecular weight excluding hydrogens is 648 g/mol. The van der Waals surface area contributed by atoms with E-state index in [1.54, 1.807) is 27.7 Å². The fourth-order valence-electron chi connectivity index (χ4n) is 7.79. The lowest BCUT2D eigenvalue weighted by atomic mass is 9.77. The Morgan fingerprint density at radius 3 is 0.958 bits per heavy atom. The highest BCUT2D eigenvalue weighted by atomic mass is 32.2. The predicted octanol–water partition coefficient (Wildman–Crippen LogP) is 5.12. The highest BCUT2D eigenvalue weighted by molar-refractivity contribution is 7.72. The first kappa shape index (κ1) is 31.1.